The second-order valence-corrected chi connectivity index (χ2v) is 18.9. The van der Waals surface area contributed by atoms with Gasteiger partial charge in [-0.15, -0.1) is 0 Å². The van der Waals surface area contributed by atoms with Gasteiger partial charge in [0.25, 0.3) is 0 Å². The van der Waals surface area contributed by atoms with Gasteiger partial charge in [-0.1, -0.05) is 257 Å². The highest BCUT2D eigenvalue weighted by molar-refractivity contribution is 5.71. The van der Waals surface area contributed by atoms with Crippen LogP contribution in [0.3, 0.4) is 0 Å². The second-order valence-electron chi connectivity index (χ2n) is 18.9. The Hall–Kier alpha value is -2.11. The summed E-state index contributed by atoms with van der Waals surface area (Å²) in [5, 5.41) is 0. The number of carbonyl (C=O) groups excluding carboxylic acids is 3. The Bertz CT molecular complexity index is 1020. The van der Waals surface area contributed by atoms with Crippen LogP contribution in [-0.2, 0) is 28.6 Å². The Morgan fingerprint density at radius 3 is 0.905 bits per heavy atom. The first-order valence-electron chi connectivity index (χ1n) is 27.8. The zero-order valence-corrected chi connectivity index (χ0v) is 42.4. The Labute approximate surface area is 392 Å². The predicted octanol–water partition coefficient (Wildman–Crippen LogP) is 18.3. The molecule has 0 aromatic carbocycles. The first-order valence-corrected chi connectivity index (χ1v) is 27.8. The lowest BCUT2D eigenvalue weighted by Gasteiger charge is -2.18. The van der Waals surface area contributed by atoms with Crippen molar-refractivity contribution in [3.63, 3.8) is 0 Å². The summed E-state index contributed by atoms with van der Waals surface area (Å²) >= 11 is 0. The van der Waals surface area contributed by atoms with Gasteiger partial charge in [0, 0.05) is 19.3 Å². The van der Waals surface area contributed by atoms with E-state index in [0.717, 1.165) is 70.6 Å². The van der Waals surface area contributed by atoms with Crippen molar-refractivity contribution in [3.8, 4) is 0 Å². The van der Waals surface area contributed by atoms with E-state index in [0.29, 0.717) is 19.3 Å². The number of unbranched alkanes of at least 4 members (excludes halogenated alkanes) is 36. The van der Waals surface area contributed by atoms with E-state index in [9.17, 15) is 14.4 Å². The Morgan fingerprint density at radius 1 is 0.317 bits per heavy atom. The van der Waals surface area contributed by atoms with Crippen molar-refractivity contribution in [1.29, 1.82) is 0 Å². The normalized spacial score (nSPS) is 12.1. The summed E-state index contributed by atoms with van der Waals surface area (Å²) in [6, 6.07) is 0. The molecule has 0 N–H and O–H groups in total. The first-order chi connectivity index (χ1) is 31.0. The molecule has 0 unspecified atom stereocenters. The van der Waals surface area contributed by atoms with Gasteiger partial charge in [-0.05, 0) is 51.4 Å². The zero-order valence-electron chi connectivity index (χ0n) is 42.4. The van der Waals surface area contributed by atoms with E-state index in [2.05, 4.69) is 45.1 Å². The quantitative estimate of drug-likeness (QED) is 0.0262. The number of allylic oxidation sites excluding steroid dienone is 4. The molecule has 0 saturated heterocycles. The van der Waals surface area contributed by atoms with Crippen LogP contribution in [0.5, 0.6) is 0 Å². The van der Waals surface area contributed by atoms with E-state index in [1.54, 1.807) is 0 Å². The number of carbonyl (C=O) groups is 3. The van der Waals surface area contributed by atoms with Crippen LogP contribution >= 0.6 is 0 Å². The fraction of sp³-hybridized carbons (Fsp3) is 0.877. The van der Waals surface area contributed by atoms with Crippen molar-refractivity contribution >= 4 is 17.9 Å². The summed E-state index contributed by atoms with van der Waals surface area (Å²) in [6.45, 7) is 6.65. The SMILES string of the molecule is CCCCC/C=C\C/C=C\CCCCCCCCCC(=O)OC[C@@H](COC(=O)CCCCCCCCCCCCCCCC)OC(=O)CCCCCCCCCCCCCCCC. The van der Waals surface area contributed by atoms with Gasteiger partial charge in [-0.2, -0.15) is 0 Å². The molecule has 0 aromatic heterocycles. The van der Waals surface area contributed by atoms with Crippen LogP contribution < -0.4 is 0 Å². The van der Waals surface area contributed by atoms with Crippen molar-refractivity contribution in [3.05, 3.63) is 24.3 Å². The highest BCUT2D eigenvalue weighted by atomic mass is 16.6. The molecule has 0 heterocycles. The number of hydrogen-bond acceptors (Lipinski definition) is 6. The maximum atomic E-state index is 12.8. The average molecular weight is 887 g/mol. The molecule has 6 heteroatoms. The van der Waals surface area contributed by atoms with Crippen LogP contribution in [0.2, 0.25) is 0 Å². The maximum absolute atomic E-state index is 12.8. The summed E-state index contributed by atoms with van der Waals surface area (Å²) in [6.07, 6.45) is 60.1. The Balaban J connectivity index is 4.33. The monoisotopic (exact) mass is 887 g/mol. The van der Waals surface area contributed by atoms with E-state index < -0.39 is 6.10 Å². The highest BCUT2D eigenvalue weighted by Crippen LogP contribution is 2.16. The number of ether oxygens (including phenoxy) is 3. The van der Waals surface area contributed by atoms with E-state index in [1.165, 1.54) is 193 Å². The summed E-state index contributed by atoms with van der Waals surface area (Å²) in [5.74, 6) is -0.857. The van der Waals surface area contributed by atoms with Crippen LogP contribution in [0.25, 0.3) is 0 Å². The molecular formula is C57H106O6. The van der Waals surface area contributed by atoms with Gasteiger partial charge in [0.1, 0.15) is 13.2 Å². The molecule has 1 atom stereocenters. The van der Waals surface area contributed by atoms with E-state index in [-0.39, 0.29) is 31.1 Å². The molecule has 0 spiro atoms. The molecule has 0 fully saturated rings. The molecular weight excluding hydrogens is 781 g/mol. The lowest BCUT2D eigenvalue weighted by molar-refractivity contribution is -0.167. The van der Waals surface area contributed by atoms with Crippen LogP contribution in [0, 0.1) is 0 Å². The third-order valence-electron chi connectivity index (χ3n) is 12.5. The predicted molar refractivity (Wildman–Crippen MR) is 270 cm³/mol. The molecule has 63 heavy (non-hydrogen) atoms. The third-order valence-corrected chi connectivity index (χ3v) is 12.5. The van der Waals surface area contributed by atoms with Gasteiger partial charge in [0.2, 0.25) is 0 Å². The zero-order chi connectivity index (χ0) is 45.8. The minimum Gasteiger partial charge on any atom is -0.462 e. The van der Waals surface area contributed by atoms with Gasteiger partial charge < -0.3 is 14.2 Å². The molecule has 0 aromatic rings. The molecule has 0 rings (SSSR count). The van der Waals surface area contributed by atoms with Crippen molar-refractivity contribution in [1.82, 2.24) is 0 Å². The smallest absolute Gasteiger partial charge is 0.306 e. The molecule has 0 aliphatic heterocycles. The molecule has 0 bridgehead atoms. The van der Waals surface area contributed by atoms with E-state index >= 15 is 0 Å². The fourth-order valence-corrected chi connectivity index (χ4v) is 8.24. The summed E-state index contributed by atoms with van der Waals surface area (Å²) in [4.78, 5) is 38.1. The van der Waals surface area contributed by atoms with E-state index in [1.807, 2.05) is 0 Å². The van der Waals surface area contributed by atoms with Crippen LogP contribution in [0.1, 0.15) is 303 Å². The van der Waals surface area contributed by atoms with Gasteiger partial charge in [-0.25, -0.2) is 0 Å². The molecule has 0 aliphatic carbocycles. The molecule has 370 valence electrons. The number of hydrogen-bond donors (Lipinski definition) is 0. The topological polar surface area (TPSA) is 78.9 Å². The Morgan fingerprint density at radius 2 is 0.571 bits per heavy atom. The molecule has 0 amide bonds. The lowest BCUT2D eigenvalue weighted by Crippen LogP contribution is -2.30. The Kier molecular flexibility index (Phi) is 50.8. The van der Waals surface area contributed by atoms with Crippen molar-refractivity contribution in [2.24, 2.45) is 0 Å². The van der Waals surface area contributed by atoms with Crippen molar-refractivity contribution < 1.29 is 28.6 Å². The standard InChI is InChI=1S/C57H106O6/c1-4-7-10-13-16-19-22-25-28-29-30-33-35-38-41-44-47-50-56(59)62-53-54(63-57(60)51-48-45-42-39-36-32-27-24-21-18-15-12-9-6-3)52-61-55(58)49-46-43-40-37-34-31-26-23-20-17-14-11-8-5-2/h16,19,25,28,54H,4-15,17-18,20-24,26-27,29-53H2,1-3H3/b19-16-,28-25-/t54-/m1/s1. The van der Waals surface area contributed by atoms with Crippen LogP contribution in [0.4, 0.5) is 0 Å². The first kappa shape index (κ1) is 60.9. The minimum absolute atomic E-state index is 0.0683. The fourth-order valence-electron chi connectivity index (χ4n) is 8.24. The van der Waals surface area contributed by atoms with Gasteiger partial charge in [-0.3, -0.25) is 14.4 Å². The largest absolute Gasteiger partial charge is 0.462 e. The number of rotatable bonds is 51. The second kappa shape index (κ2) is 52.5. The summed E-state index contributed by atoms with van der Waals surface area (Å²) in [5.41, 5.74) is 0. The maximum Gasteiger partial charge on any atom is 0.306 e. The number of esters is 3. The average Bonchev–Trinajstić information content (AvgIpc) is 3.28. The molecule has 0 radical (unpaired) electrons. The van der Waals surface area contributed by atoms with Crippen LogP contribution in [0.15, 0.2) is 24.3 Å². The van der Waals surface area contributed by atoms with Crippen molar-refractivity contribution in [2.45, 2.75) is 309 Å². The minimum atomic E-state index is -0.768. The van der Waals surface area contributed by atoms with Gasteiger partial charge in [0.05, 0.1) is 0 Å². The third kappa shape index (κ3) is 50.7. The summed E-state index contributed by atoms with van der Waals surface area (Å²) in [7, 11) is 0. The highest BCUT2D eigenvalue weighted by Gasteiger charge is 2.19. The molecule has 0 aliphatic rings. The van der Waals surface area contributed by atoms with Crippen LogP contribution in [-0.4, -0.2) is 37.2 Å². The lowest BCUT2D eigenvalue weighted by atomic mass is 10.0. The van der Waals surface area contributed by atoms with E-state index in [4.69, 9.17) is 14.2 Å². The van der Waals surface area contributed by atoms with Gasteiger partial charge in [0.15, 0.2) is 6.10 Å². The molecule has 6 nitrogen and oxygen atoms in total. The molecule has 0 saturated carbocycles. The van der Waals surface area contributed by atoms with Gasteiger partial charge >= 0.3 is 17.9 Å². The van der Waals surface area contributed by atoms with Crippen molar-refractivity contribution in [2.75, 3.05) is 13.2 Å². The summed E-state index contributed by atoms with van der Waals surface area (Å²) < 4.78 is 16.9.